The van der Waals surface area contributed by atoms with Crippen LogP contribution in [0.3, 0.4) is 0 Å². The summed E-state index contributed by atoms with van der Waals surface area (Å²) in [5.74, 6) is -1.10. The first-order valence-corrected chi connectivity index (χ1v) is 13.0. The number of aliphatic hydroxyl groups excluding tert-OH is 2. The van der Waals surface area contributed by atoms with Crippen LogP contribution in [-0.4, -0.2) is 69.2 Å². The van der Waals surface area contributed by atoms with Gasteiger partial charge in [-0.2, -0.15) is 8.62 Å². The number of hydrogen-bond acceptors (Lipinski definition) is 13. The van der Waals surface area contributed by atoms with Crippen LogP contribution >= 0.6 is 23.5 Å². The van der Waals surface area contributed by atoms with E-state index in [1.165, 1.54) is 17.9 Å². The summed E-state index contributed by atoms with van der Waals surface area (Å²) < 4.78 is 53.3. The Hall–Kier alpha value is -1.56. The van der Waals surface area contributed by atoms with Crippen LogP contribution in [0.4, 0.5) is 5.95 Å². The second-order valence-corrected chi connectivity index (χ2v) is 11.0. The fraction of sp³-hybridized carbons (Fsp3) is 0.583. The number of nitrogens with two attached hydrogens (primary N) is 1. The monoisotopic (exact) mass is 553 g/mol. The fourth-order valence-corrected chi connectivity index (χ4v) is 6.01. The van der Waals surface area contributed by atoms with Gasteiger partial charge in [-0.05, 0) is 0 Å². The number of anilines is 1. The van der Waals surface area contributed by atoms with Crippen molar-refractivity contribution < 1.29 is 71.0 Å². The molecule has 3 heterocycles. The van der Waals surface area contributed by atoms with Crippen LogP contribution in [0.5, 0.6) is 5.88 Å². The zero-order chi connectivity index (χ0) is 24.9. The molecule has 22 heteroatoms. The quantitative estimate of drug-likeness (QED) is 0.131. The Bertz CT molecular complexity index is 1200. The van der Waals surface area contributed by atoms with Gasteiger partial charge in [0.05, 0.1) is 13.7 Å². The normalized spacial score (nSPS) is 26.7. The van der Waals surface area contributed by atoms with Gasteiger partial charge >= 0.3 is 29.1 Å². The lowest BCUT2D eigenvalue weighted by Crippen LogP contribution is -2.46. The van der Waals surface area contributed by atoms with E-state index in [0.29, 0.717) is 0 Å². The van der Waals surface area contributed by atoms with Crippen molar-refractivity contribution in [3.63, 3.8) is 0 Å². The number of ether oxygens (including phenoxy) is 1. The second-order valence-electron chi connectivity index (χ2n) is 6.63. The molecule has 1 aliphatic heterocycles. The Labute approximate surface area is 190 Å². The van der Waals surface area contributed by atoms with Crippen molar-refractivity contribution in [2.45, 2.75) is 32.0 Å². The molecule has 1 fully saturated rings. The number of fused-ring (bicyclic) bond motifs is 1. The zero-order valence-corrected chi connectivity index (χ0v) is 18.9. The highest BCUT2D eigenvalue weighted by atomic mass is 31.3. The number of phosphoric acid groups is 3. The fourth-order valence-electron chi connectivity index (χ4n) is 2.98. The van der Waals surface area contributed by atoms with Crippen LogP contribution in [0.2, 0.25) is 0 Å². The van der Waals surface area contributed by atoms with E-state index in [1.807, 2.05) is 0 Å². The second kappa shape index (κ2) is 9.83. The van der Waals surface area contributed by atoms with Gasteiger partial charge in [0.1, 0.15) is 18.3 Å². The maximum absolute atomic E-state index is 12.1. The van der Waals surface area contributed by atoms with E-state index in [0.717, 1.165) is 4.57 Å². The molecule has 0 amide bonds. The third-order valence-corrected chi connectivity index (χ3v) is 7.98. The summed E-state index contributed by atoms with van der Waals surface area (Å²) >= 11 is 0. The number of nitrogens with zero attached hydrogens (tertiary/aromatic N) is 4. The van der Waals surface area contributed by atoms with Crippen molar-refractivity contribution in [1.82, 2.24) is 14.5 Å². The molecule has 1 saturated heterocycles. The van der Waals surface area contributed by atoms with E-state index in [2.05, 4.69) is 23.1 Å². The van der Waals surface area contributed by atoms with Gasteiger partial charge in [-0.25, -0.2) is 23.2 Å². The molecule has 3 rings (SSSR count). The minimum Gasteiger partial charge on any atom is -0.856 e. The van der Waals surface area contributed by atoms with Crippen molar-refractivity contribution in [1.29, 1.82) is 0 Å². The predicted octanol–water partition coefficient (Wildman–Crippen LogP) is -2.49. The van der Waals surface area contributed by atoms with Crippen LogP contribution in [0.15, 0.2) is 6.33 Å². The van der Waals surface area contributed by atoms with Gasteiger partial charge in [0, 0.05) is 5.88 Å². The molecule has 0 saturated carbocycles. The number of nitrogen functional groups attached to an aromatic ring is 1. The van der Waals surface area contributed by atoms with Crippen molar-refractivity contribution in [3.8, 4) is 5.88 Å². The minimum absolute atomic E-state index is 0. The standard InChI is InChI=1S/C11H18N5O14P3.CH4/c1-15-3-16(8-5(15)9(19)14-11(12)13-8)10-7(18)6(17)4(28-10)2-27-32(23,24)30-33(25,26)29-31(20,21)22;/h3-4,6-7,10,17-18H,2H2,1H3,(H6-,12,13,14,19,20,21,22,23,24,25,26);1H4/t4-,6?,7+,10-;/m1./s1. The summed E-state index contributed by atoms with van der Waals surface area (Å²) in [6.07, 6.45) is -5.06. The van der Waals surface area contributed by atoms with Crippen molar-refractivity contribution in [2.24, 2.45) is 7.05 Å². The van der Waals surface area contributed by atoms with E-state index in [-0.39, 0.29) is 24.5 Å². The molecule has 0 spiro atoms. The third-order valence-electron chi connectivity index (χ3n) is 4.18. The highest BCUT2D eigenvalue weighted by Crippen LogP contribution is 2.66. The Morgan fingerprint density at radius 1 is 1.15 bits per heavy atom. The van der Waals surface area contributed by atoms with Gasteiger partial charge in [0.25, 0.3) is 5.95 Å². The molecule has 34 heavy (non-hydrogen) atoms. The molecule has 6 atom stereocenters. The van der Waals surface area contributed by atoms with Gasteiger partial charge in [0.2, 0.25) is 6.23 Å². The summed E-state index contributed by atoms with van der Waals surface area (Å²) in [7, 11) is -15.3. The number of aromatic nitrogens is 4. The summed E-state index contributed by atoms with van der Waals surface area (Å²) in [5, 5.41) is 32.6. The number of hydrogen-bond donors (Lipinski definition) is 7. The SMILES string of the molecule is C.Cn1c[n+]([C@@H]2O[C@H](COP(=O)(O)OP(=O)(O)OP(=O)(O)O)C(O)[C@@H]2O)c2nc(N)nc([O-])c21. The van der Waals surface area contributed by atoms with Crippen molar-refractivity contribution >= 4 is 40.6 Å². The average molecular weight is 553 g/mol. The summed E-state index contributed by atoms with van der Waals surface area (Å²) in [5.41, 5.74) is 5.42. The highest BCUT2D eigenvalue weighted by Gasteiger charge is 2.48. The lowest BCUT2D eigenvalue weighted by atomic mass is 10.1. The maximum atomic E-state index is 12.1. The molecule has 0 bridgehead atoms. The van der Waals surface area contributed by atoms with Gasteiger partial charge in [-0.3, -0.25) is 9.09 Å². The first-order chi connectivity index (χ1) is 15.0. The molecule has 1 aliphatic rings. The lowest BCUT2D eigenvalue weighted by Gasteiger charge is -2.18. The largest absolute Gasteiger partial charge is 0.856 e. The Morgan fingerprint density at radius 3 is 2.35 bits per heavy atom. The van der Waals surface area contributed by atoms with Crippen LogP contribution in [0.25, 0.3) is 11.2 Å². The summed E-state index contributed by atoms with van der Waals surface area (Å²) in [6.45, 7) is -1.01. The Kier molecular flexibility index (Phi) is 8.29. The molecule has 0 radical (unpaired) electrons. The van der Waals surface area contributed by atoms with E-state index in [1.54, 1.807) is 0 Å². The molecule has 194 valence electrons. The zero-order valence-electron chi connectivity index (χ0n) is 16.3. The van der Waals surface area contributed by atoms with E-state index < -0.39 is 60.5 Å². The van der Waals surface area contributed by atoms with Gasteiger partial charge in [-0.15, -0.1) is 0 Å². The van der Waals surface area contributed by atoms with E-state index >= 15 is 0 Å². The number of aryl methyl sites for hydroxylation is 1. The van der Waals surface area contributed by atoms with Crippen LogP contribution in [0.1, 0.15) is 13.7 Å². The average Bonchev–Trinajstić information content (AvgIpc) is 3.07. The van der Waals surface area contributed by atoms with Crippen LogP contribution in [-0.2, 0) is 38.6 Å². The topological polar surface area (TPSA) is 293 Å². The Balaban J connectivity index is 0.00000408. The highest BCUT2D eigenvalue weighted by molar-refractivity contribution is 7.66. The molecule has 19 nitrogen and oxygen atoms in total. The Morgan fingerprint density at radius 2 is 1.76 bits per heavy atom. The third kappa shape index (κ3) is 6.35. The molecular weight excluding hydrogens is 531 g/mol. The van der Waals surface area contributed by atoms with Gasteiger partial charge < -0.3 is 45.4 Å². The predicted molar refractivity (Wildman–Crippen MR) is 105 cm³/mol. The van der Waals surface area contributed by atoms with E-state index in [4.69, 9.17) is 25.2 Å². The summed E-state index contributed by atoms with van der Waals surface area (Å²) in [4.78, 5) is 43.1. The number of phosphoric ester groups is 1. The maximum Gasteiger partial charge on any atom is 0.490 e. The van der Waals surface area contributed by atoms with Crippen molar-refractivity contribution in [2.75, 3.05) is 12.3 Å². The van der Waals surface area contributed by atoms with Crippen LogP contribution < -0.4 is 15.4 Å². The number of aliphatic hydroxyl groups is 2. The molecular formula is C12H22N5O14P3. The minimum atomic E-state index is -5.73. The first-order valence-electron chi connectivity index (χ1n) is 8.50. The first kappa shape index (κ1) is 28.7. The molecule has 3 unspecified atom stereocenters. The molecule has 0 aromatic carbocycles. The number of imidazole rings is 1. The van der Waals surface area contributed by atoms with Crippen LogP contribution in [0, 0.1) is 0 Å². The van der Waals surface area contributed by atoms with Gasteiger partial charge in [0.15, 0.2) is 11.8 Å². The smallest absolute Gasteiger partial charge is 0.490 e. The molecule has 8 N–H and O–H groups in total. The summed E-state index contributed by atoms with van der Waals surface area (Å²) in [6, 6.07) is 0. The number of rotatable bonds is 8. The van der Waals surface area contributed by atoms with E-state index in [9.17, 15) is 33.9 Å². The van der Waals surface area contributed by atoms with Gasteiger partial charge in [-0.1, -0.05) is 12.4 Å². The van der Waals surface area contributed by atoms with Crippen molar-refractivity contribution in [3.05, 3.63) is 6.33 Å². The molecule has 2 aromatic heterocycles. The lowest BCUT2D eigenvalue weighted by molar-refractivity contribution is -0.745. The molecule has 0 aliphatic carbocycles. The molecule has 2 aromatic rings.